The lowest BCUT2D eigenvalue weighted by molar-refractivity contribution is -0.130. The highest BCUT2D eigenvalue weighted by atomic mass is 35.5. The zero-order valence-electron chi connectivity index (χ0n) is 14.8. The van der Waals surface area contributed by atoms with Crippen molar-refractivity contribution in [2.45, 2.75) is 12.8 Å². The molecule has 0 radical (unpaired) electrons. The summed E-state index contributed by atoms with van der Waals surface area (Å²) in [6.45, 7) is 1.16. The van der Waals surface area contributed by atoms with Crippen LogP contribution in [0.1, 0.15) is 12.0 Å². The van der Waals surface area contributed by atoms with Crippen LogP contribution in [0.4, 0.5) is 0 Å². The van der Waals surface area contributed by atoms with Gasteiger partial charge in [-0.1, -0.05) is 48.0 Å². The molecular formula is C20H23ClN2O3. The van der Waals surface area contributed by atoms with E-state index in [9.17, 15) is 9.59 Å². The molecule has 0 bridgehead atoms. The van der Waals surface area contributed by atoms with Gasteiger partial charge in [0.05, 0.1) is 13.0 Å². The van der Waals surface area contributed by atoms with E-state index in [2.05, 4.69) is 5.32 Å². The average Bonchev–Trinajstić information content (AvgIpc) is 2.62. The van der Waals surface area contributed by atoms with Gasteiger partial charge in [0.25, 0.3) is 0 Å². The molecule has 0 heterocycles. The number of hydrogen-bond acceptors (Lipinski definition) is 3. The smallest absolute Gasteiger partial charge is 0.224 e. The molecule has 0 atom stereocenters. The van der Waals surface area contributed by atoms with Crippen molar-refractivity contribution in [3.63, 3.8) is 0 Å². The summed E-state index contributed by atoms with van der Waals surface area (Å²) in [6.07, 6.45) is 0.576. The van der Waals surface area contributed by atoms with E-state index in [1.807, 2.05) is 42.5 Å². The molecule has 0 aliphatic carbocycles. The molecule has 5 nitrogen and oxygen atoms in total. The van der Waals surface area contributed by atoms with Crippen LogP contribution in [0.25, 0.3) is 0 Å². The molecular weight excluding hydrogens is 352 g/mol. The number of halogens is 1. The fraction of sp³-hybridized carbons (Fsp3) is 0.300. The Morgan fingerprint density at radius 2 is 1.88 bits per heavy atom. The molecule has 0 aliphatic heterocycles. The first-order valence-corrected chi connectivity index (χ1v) is 8.85. The number of amides is 2. The van der Waals surface area contributed by atoms with Crippen molar-refractivity contribution in [3.8, 4) is 5.75 Å². The number of carbonyl (C=O) groups is 2. The lowest BCUT2D eigenvalue weighted by atomic mass is 10.1. The molecule has 2 amide bonds. The molecule has 2 aromatic rings. The van der Waals surface area contributed by atoms with Crippen LogP contribution in [0.2, 0.25) is 5.02 Å². The van der Waals surface area contributed by atoms with Gasteiger partial charge in [-0.25, -0.2) is 0 Å². The van der Waals surface area contributed by atoms with Gasteiger partial charge < -0.3 is 15.0 Å². The second-order valence-electron chi connectivity index (χ2n) is 5.88. The Morgan fingerprint density at radius 1 is 1.12 bits per heavy atom. The summed E-state index contributed by atoms with van der Waals surface area (Å²) in [5.74, 6) is 0.544. The minimum absolute atomic E-state index is 0.0419. The van der Waals surface area contributed by atoms with Crippen molar-refractivity contribution >= 4 is 23.4 Å². The van der Waals surface area contributed by atoms with Crippen molar-refractivity contribution < 1.29 is 14.3 Å². The normalized spacial score (nSPS) is 10.2. The summed E-state index contributed by atoms with van der Waals surface area (Å²) in [7, 11) is 1.72. The molecule has 0 fully saturated rings. The number of hydrogen-bond donors (Lipinski definition) is 1. The number of ether oxygens (including phenoxy) is 1. The molecule has 6 heteroatoms. The van der Waals surface area contributed by atoms with E-state index in [1.54, 1.807) is 24.1 Å². The Labute approximate surface area is 158 Å². The Balaban J connectivity index is 1.61. The predicted molar refractivity (Wildman–Crippen MR) is 102 cm³/mol. The SMILES string of the molecule is CN(CCOc1cccc(Cl)c1)C(=O)CCNC(=O)Cc1ccccc1. The molecule has 2 rings (SSSR count). The minimum atomic E-state index is -0.0871. The van der Waals surface area contributed by atoms with E-state index in [0.717, 1.165) is 5.56 Å². The van der Waals surface area contributed by atoms with Crippen molar-refractivity contribution in [1.29, 1.82) is 0 Å². The van der Waals surface area contributed by atoms with Gasteiger partial charge in [0.1, 0.15) is 12.4 Å². The van der Waals surface area contributed by atoms with Crippen LogP contribution in [0.3, 0.4) is 0 Å². The fourth-order valence-corrected chi connectivity index (χ4v) is 2.51. The average molecular weight is 375 g/mol. The first kappa shape index (κ1) is 19.8. The summed E-state index contributed by atoms with van der Waals surface area (Å²) >= 11 is 5.89. The maximum absolute atomic E-state index is 12.1. The third kappa shape index (κ3) is 7.15. The summed E-state index contributed by atoms with van der Waals surface area (Å²) in [4.78, 5) is 25.5. The van der Waals surface area contributed by atoms with Crippen molar-refractivity contribution in [2.75, 3.05) is 26.7 Å². The zero-order chi connectivity index (χ0) is 18.8. The van der Waals surface area contributed by atoms with Gasteiger partial charge in [-0.2, -0.15) is 0 Å². The van der Waals surface area contributed by atoms with Gasteiger partial charge in [-0.05, 0) is 23.8 Å². The van der Waals surface area contributed by atoms with Crippen LogP contribution in [0.15, 0.2) is 54.6 Å². The van der Waals surface area contributed by atoms with Crippen LogP contribution >= 0.6 is 11.6 Å². The standard InChI is InChI=1S/C20H23ClN2O3/c1-23(12-13-26-18-9-5-8-17(21)15-18)20(25)10-11-22-19(24)14-16-6-3-2-4-7-16/h2-9,15H,10-14H2,1H3,(H,22,24). The third-order valence-electron chi connectivity index (χ3n) is 3.79. The summed E-state index contributed by atoms with van der Waals surface area (Å²) in [5, 5.41) is 3.38. The lowest BCUT2D eigenvalue weighted by Gasteiger charge is -2.17. The van der Waals surface area contributed by atoms with E-state index in [4.69, 9.17) is 16.3 Å². The van der Waals surface area contributed by atoms with Gasteiger partial charge in [0.15, 0.2) is 0 Å². The van der Waals surface area contributed by atoms with Crippen LogP contribution in [0, 0.1) is 0 Å². The molecule has 0 unspecified atom stereocenters. The lowest BCUT2D eigenvalue weighted by Crippen LogP contribution is -2.34. The Bertz CT molecular complexity index is 722. The molecule has 0 saturated carbocycles. The number of likely N-dealkylation sites (N-methyl/N-ethyl adjacent to an activating group) is 1. The van der Waals surface area contributed by atoms with Gasteiger partial charge in [0, 0.05) is 25.0 Å². The van der Waals surface area contributed by atoms with Crippen LogP contribution in [-0.4, -0.2) is 43.5 Å². The molecule has 138 valence electrons. The summed E-state index contributed by atoms with van der Waals surface area (Å²) in [5.41, 5.74) is 0.951. The van der Waals surface area contributed by atoms with Crippen molar-refractivity contribution in [2.24, 2.45) is 0 Å². The first-order chi connectivity index (χ1) is 12.5. The maximum atomic E-state index is 12.1. The number of carbonyl (C=O) groups excluding carboxylic acids is 2. The van der Waals surface area contributed by atoms with E-state index in [0.29, 0.717) is 36.9 Å². The van der Waals surface area contributed by atoms with Gasteiger partial charge in [-0.15, -0.1) is 0 Å². The fourth-order valence-electron chi connectivity index (χ4n) is 2.33. The zero-order valence-corrected chi connectivity index (χ0v) is 15.5. The Morgan fingerprint density at radius 3 is 2.62 bits per heavy atom. The molecule has 0 aromatic heterocycles. The molecule has 0 aliphatic rings. The largest absolute Gasteiger partial charge is 0.492 e. The van der Waals surface area contributed by atoms with Gasteiger partial charge in [-0.3, -0.25) is 9.59 Å². The second-order valence-corrected chi connectivity index (χ2v) is 6.32. The molecule has 2 aromatic carbocycles. The molecule has 0 spiro atoms. The second kappa shape index (κ2) is 10.5. The third-order valence-corrected chi connectivity index (χ3v) is 4.02. The number of rotatable bonds is 9. The Hall–Kier alpha value is -2.53. The number of nitrogens with one attached hydrogen (secondary N) is 1. The maximum Gasteiger partial charge on any atom is 0.224 e. The highest BCUT2D eigenvalue weighted by Crippen LogP contribution is 2.16. The molecule has 26 heavy (non-hydrogen) atoms. The van der Waals surface area contributed by atoms with Crippen LogP contribution < -0.4 is 10.1 Å². The highest BCUT2D eigenvalue weighted by Gasteiger charge is 2.10. The van der Waals surface area contributed by atoms with Crippen LogP contribution in [0.5, 0.6) is 5.75 Å². The van der Waals surface area contributed by atoms with Crippen molar-refractivity contribution in [3.05, 3.63) is 65.2 Å². The monoisotopic (exact) mass is 374 g/mol. The quantitative estimate of drug-likeness (QED) is 0.734. The van der Waals surface area contributed by atoms with E-state index in [-0.39, 0.29) is 18.2 Å². The number of nitrogens with zero attached hydrogens (tertiary/aromatic N) is 1. The van der Waals surface area contributed by atoms with Gasteiger partial charge >= 0.3 is 0 Å². The van der Waals surface area contributed by atoms with Gasteiger partial charge in [0.2, 0.25) is 11.8 Å². The first-order valence-electron chi connectivity index (χ1n) is 8.47. The topological polar surface area (TPSA) is 58.6 Å². The molecule has 0 saturated heterocycles. The van der Waals surface area contributed by atoms with Crippen LogP contribution in [-0.2, 0) is 16.0 Å². The number of benzene rings is 2. The molecule has 1 N–H and O–H groups in total. The van der Waals surface area contributed by atoms with E-state index >= 15 is 0 Å². The Kier molecular flexibility index (Phi) is 7.96. The summed E-state index contributed by atoms with van der Waals surface area (Å²) < 4.78 is 5.57. The summed E-state index contributed by atoms with van der Waals surface area (Å²) in [6, 6.07) is 16.6. The highest BCUT2D eigenvalue weighted by molar-refractivity contribution is 6.30. The van der Waals surface area contributed by atoms with Crippen molar-refractivity contribution in [1.82, 2.24) is 10.2 Å². The minimum Gasteiger partial charge on any atom is -0.492 e. The van der Waals surface area contributed by atoms with E-state index in [1.165, 1.54) is 0 Å². The predicted octanol–water partition coefficient (Wildman–Crippen LogP) is 2.93. The van der Waals surface area contributed by atoms with E-state index < -0.39 is 0 Å².